The Morgan fingerprint density at radius 2 is 2.25 bits per heavy atom. The molecule has 0 amide bonds. The first-order valence-corrected chi connectivity index (χ1v) is 7.91. The second-order valence-electron chi connectivity index (χ2n) is 4.80. The lowest BCUT2D eigenvalue weighted by atomic mass is 9.97. The molecule has 20 heavy (non-hydrogen) atoms. The Hall–Kier alpha value is -1.50. The third-order valence-electron chi connectivity index (χ3n) is 3.38. The summed E-state index contributed by atoms with van der Waals surface area (Å²) >= 11 is 1.72. The van der Waals surface area contributed by atoms with Crippen LogP contribution >= 0.6 is 11.8 Å². The van der Waals surface area contributed by atoms with Gasteiger partial charge in [-0.2, -0.15) is 11.8 Å². The molecule has 110 valence electrons. The van der Waals surface area contributed by atoms with Crippen molar-refractivity contribution in [1.82, 2.24) is 9.97 Å². The quantitative estimate of drug-likeness (QED) is 0.852. The van der Waals surface area contributed by atoms with E-state index in [0.29, 0.717) is 31.9 Å². The van der Waals surface area contributed by atoms with Gasteiger partial charge < -0.3 is 10.0 Å². The zero-order chi connectivity index (χ0) is 14.5. The number of carboxylic acids is 1. The van der Waals surface area contributed by atoms with Gasteiger partial charge in [-0.3, -0.25) is 14.6 Å². The van der Waals surface area contributed by atoms with Crippen LogP contribution in [0, 0.1) is 5.92 Å². The summed E-state index contributed by atoms with van der Waals surface area (Å²) in [5.41, 5.74) is 0.623. The van der Waals surface area contributed by atoms with E-state index in [1.165, 1.54) is 6.07 Å². The lowest BCUT2D eigenvalue weighted by molar-refractivity contribution is -0.142. The van der Waals surface area contributed by atoms with Crippen LogP contribution in [0.5, 0.6) is 0 Å². The number of thioether (sulfide) groups is 1. The van der Waals surface area contributed by atoms with Gasteiger partial charge in [-0.25, -0.2) is 4.98 Å². The number of hydrogen-bond acceptors (Lipinski definition) is 5. The summed E-state index contributed by atoms with van der Waals surface area (Å²) < 4.78 is 0. The molecule has 1 aromatic rings. The van der Waals surface area contributed by atoms with Crippen molar-refractivity contribution < 1.29 is 9.90 Å². The maximum Gasteiger partial charge on any atom is 0.306 e. The number of aromatic amines is 1. The molecule has 6 nitrogen and oxygen atoms in total. The minimum absolute atomic E-state index is 0.151. The van der Waals surface area contributed by atoms with Gasteiger partial charge >= 0.3 is 5.97 Å². The van der Waals surface area contributed by atoms with E-state index in [0.717, 1.165) is 17.2 Å². The first-order chi connectivity index (χ1) is 9.60. The van der Waals surface area contributed by atoms with Crippen LogP contribution in [0.25, 0.3) is 0 Å². The van der Waals surface area contributed by atoms with Crippen LogP contribution in [0.2, 0.25) is 0 Å². The summed E-state index contributed by atoms with van der Waals surface area (Å²) in [5.74, 6) is 1.25. The Kier molecular flexibility index (Phi) is 5.05. The van der Waals surface area contributed by atoms with Crippen molar-refractivity contribution in [1.29, 1.82) is 0 Å². The van der Waals surface area contributed by atoms with Crippen molar-refractivity contribution in [3.63, 3.8) is 0 Å². The number of carboxylic acid groups (broad SMARTS) is 1. The molecule has 0 unspecified atom stereocenters. The van der Waals surface area contributed by atoms with Crippen LogP contribution in [0.3, 0.4) is 0 Å². The van der Waals surface area contributed by atoms with Crippen LogP contribution < -0.4 is 10.5 Å². The van der Waals surface area contributed by atoms with Gasteiger partial charge in [0.25, 0.3) is 5.56 Å². The van der Waals surface area contributed by atoms with Crippen LogP contribution in [0.4, 0.5) is 5.95 Å². The second kappa shape index (κ2) is 6.78. The molecule has 1 saturated heterocycles. The number of H-pyrrole nitrogens is 1. The first kappa shape index (κ1) is 14.9. The number of piperidine rings is 1. The molecule has 0 bridgehead atoms. The number of anilines is 1. The number of nitrogens with zero attached hydrogens (tertiary/aromatic N) is 2. The lowest BCUT2D eigenvalue weighted by Gasteiger charge is -2.30. The molecular formula is C13H19N3O3S. The van der Waals surface area contributed by atoms with Gasteiger partial charge in [-0.1, -0.05) is 6.92 Å². The van der Waals surface area contributed by atoms with Crippen LogP contribution in [-0.4, -0.2) is 39.9 Å². The average Bonchev–Trinajstić information content (AvgIpc) is 2.44. The summed E-state index contributed by atoms with van der Waals surface area (Å²) in [6.45, 7) is 3.30. The number of rotatable bonds is 5. The van der Waals surface area contributed by atoms with Gasteiger partial charge in [0.15, 0.2) is 0 Å². The van der Waals surface area contributed by atoms with Crippen molar-refractivity contribution in [3.05, 3.63) is 22.1 Å². The van der Waals surface area contributed by atoms with E-state index in [1.807, 2.05) is 4.90 Å². The van der Waals surface area contributed by atoms with Gasteiger partial charge in [0.2, 0.25) is 5.95 Å². The fraction of sp³-hybridized carbons (Fsp3) is 0.615. The smallest absolute Gasteiger partial charge is 0.306 e. The number of nitrogens with one attached hydrogen (secondary N) is 1. The predicted octanol–water partition coefficient (Wildman–Crippen LogP) is 1.32. The number of carbonyl (C=O) groups is 1. The zero-order valence-corrected chi connectivity index (χ0v) is 12.3. The fourth-order valence-electron chi connectivity index (χ4n) is 2.26. The van der Waals surface area contributed by atoms with Gasteiger partial charge in [-0.05, 0) is 18.6 Å². The summed E-state index contributed by atoms with van der Waals surface area (Å²) in [6, 6.07) is 1.52. The molecule has 1 aliphatic rings. The Labute approximate surface area is 121 Å². The molecule has 1 fully saturated rings. The lowest BCUT2D eigenvalue weighted by Crippen LogP contribution is -2.38. The normalized spacial score (nSPS) is 16.4. The van der Waals surface area contributed by atoms with Gasteiger partial charge in [0, 0.05) is 24.9 Å². The molecule has 2 N–H and O–H groups in total. The van der Waals surface area contributed by atoms with E-state index < -0.39 is 5.97 Å². The van der Waals surface area contributed by atoms with E-state index >= 15 is 0 Å². The zero-order valence-electron chi connectivity index (χ0n) is 11.5. The van der Waals surface area contributed by atoms with E-state index in [9.17, 15) is 9.59 Å². The van der Waals surface area contributed by atoms with Crippen molar-refractivity contribution in [2.24, 2.45) is 5.92 Å². The molecule has 0 radical (unpaired) electrons. The molecule has 0 atom stereocenters. The Bertz CT molecular complexity index is 524. The molecular weight excluding hydrogens is 278 g/mol. The van der Waals surface area contributed by atoms with E-state index in [1.54, 1.807) is 11.8 Å². The Balaban J connectivity index is 2.07. The second-order valence-corrected chi connectivity index (χ2v) is 6.07. The van der Waals surface area contributed by atoms with Crippen molar-refractivity contribution in [2.45, 2.75) is 25.5 Å². The van der Waals surface area contributed by atoms with Crippen molar-refractivity contribution in [2.75, 3.05) is 23.7 Å². The number of aromatic nitrogens is 2. The Morgan fingerprint density at radius 1 is 1.55 bits per heavy atom. The van der Waals surface area contributed by atoms with Crippen LogP contribution in [0.1, 0.15) is 25.5 Å². The van der Waals surface area contributed by atoms with Gasteiger partial charge in [0.1, 0.15) is 0 Å². The molecule has 0 spiro atoms. The van der Waals surface area contributed by atoms with Crippen LogP contribution in [-0.2, 0) is 10.5 Å². The third kappa shape index (κ3) is 3.75. The molecule has 7 heteroatoms. The highest BCUT2D eigenvalue weighted by molar-refractivity contribution is 7.98. The van der Waals surface area contributed by atoms with Crippen LogP contribution in [0.15, 0.2) is 10.9 Å². The van der Waals surface area contributed by atoms with Crippen molar-refractivity contribution in [3.8, 4) is 0 Å². The maximum absolute atomic E-state index is 11.7. The van der Waals surface area contributed by atoms with Gasteiger partial charge in [0.05, 0.1) is 11.6 Å². The summed E-state index contributed by atoms with van der Waals surface area (Å²) in [5, 5.41) is 8.99. The van der Waals surface area contributed by atoms with E-state index in [4.69, 9.17) is 5.11 Å². The predicted molar refractivity (Wildman–Crippen MR) is 79.3 cm³/mol. The summed E-state index contributed by atoms with van der Waals surface area (Å²) in [6.07, 6.45) is 1.18. The summed E-state index contributed by atoms with van der Waals surface area (Å²) in [4.78, 5) is 31.8. The highest BCUT2D eigenvalue weighted by atomic mass is 32.2. The highest BCUT2D eigenvalue weighted by Gasteiger charge is 2.25. The molecule has 1 aromatic heterocycles. The minimum atomic E-state index is -0.737. The topological polar surface area (TPSA) is 86.3 Å². The molecule has 1 aliphatic heterocycles. The van der Waals surface area contributed by atoms with E-state index in [2.05, 4.69) is 16.9 Å². The molecule has 2 heterocycles. The highest BCUT2D eigenvalue weighted by Crippen LogP contribution is 2.20. The maximum atomic E-state index is 11.7. The molecule has 0 saturated carbocycles. The SMILES string of the molecule is CCSCc1cc(=O)[nH]c(N2CCC(C(=O)O)CC2)n1. The molecule has 2 rings (SSSR count). The molecule has 0 aromatic carbocycles. The molecule has 0 aliphatic carbocycles. The largest absolute Gasteiger partial charge is 0.481 e. The Morgan fingerprint density at radius 3 is 2.85 bits per heavy atom. The minimum Gasteiger partial charge on any atom is -0.481 e. The van der Waals surface area contributed by atoms with E-state index in [-0.39, 0.29) is 11.5 Å². The van der Waals surface area contributed by atoms with Gasteiger partial charge in [-0.15, -0.1) is 0 Å². The fourth-order valence-corrected chi connectivity index (χ4v) is 2.82. The first-order valence-electron chi connectivity index (χ1n) is 6.76. The summed E-state index contributed by atoms with van der Waals surface area (Å²) in [7, 11) is 0. The number of hydrogen-bond donors (Lipinski definition) is 2. The number of aliphatic carboxylic acids is 1. The van der Waals surface area contributed by atoms with Crippen molar-refractivity contribution >= 4 is 23.7 Å². The monoisotopic (exact) mass is 297 g/mol. The average molecular weight is 297 g/mol. The standard InChI is InChI=1S/C13H19N3O3S/c1-2-20-8-10-7-11(17)15-13(14-10)16-5-3-9(4-6-16)12(18)19/h7,9H,2-6,8H2,1H3,(H,18,19)(H,14,15,17). The third-order valence-corrected chi connectivity index (χ3v) is 4.29.